The summed E-state index contributed by atoms with van der Waals surface area (Å²) in [5.41, 5.74) is -14.4. The molecule has 0 aliphatic heterocycles. The van der Waals surface area contributed by atoms with Crippen molar-refractivity contribution in [2.45, 2.75) is 11.0 Å². The number of ether oxygens (including phenoxy) is 1. The Balaban J connectivity index is 3.86. The summed E-state index contributed by atoms with van der Waals surface area (Å²) < 4.78 is 124. The van der Waals surface area contributed by atoms with Crippen LogP contribution >= 0.6 is 11.3 Å². The molecular formula is C8H5F6NO6S3. The summed E-state index contributed by atoms with van der Waals surface area (Å²) in [6.45, 7) is 0. The zero-order valence-corrected chi connectivity index (χ0v) is 13.5. The second kappa shape index (κ2) is 6.07. The number of esters is 1. The van der Waals surface area contributed by atoms with E-state index in [-0.39, 0.29) is 11.3 Å². The summed E-state index contributed by atoms with van der Waals surface area (Å²) in [5.74, 6) is -1.53. The lowest BCUT2D eigenvalue weighted by molar-refractivity contribution is -0.0462. The van der Waals surface area contributed by atoms with Gasteiger partial charge in [-0.3, -0.25) is 0 Å². The van der Waals surface area contributed by atoms with Crippen LogP contribution in [-0.2, 0) is 24.8 Å². The normalized spacial score (nSPS) is 13.6. The molecule has 0 atom stereocenters. The number of thiophene rings is 1. The van der Waals surface area contributed by atoms with Crippen molar-refractivity contribution < 1.29 is 52.7 Å². The first-order chi connectivity index (χ1) is 10.6. The van der Waals surface area contributed by atoms with Crippen molar-refractivity contribution in [2.24, 2.45) is 0 Å². The van der Waals surface area contributed by atoms with Crippen LogP contribution in [0.25, 0.3) is 0 Å². The zero-order valence-electron chi connectivity index (χ0n) is 11.0. The fourth-order valence-electron chi connectivity index (χ4n) is 1.27. The maximum atomic E-state index is 12.6. The number of nitrogens with zero attached hydrogens (tertiary/aromatic N) is 1. The minimum atomic E-state index is -7.04. The average Bonchev–Trinajstić information content (AvgIpc) is 2.83. The van der Waals surface area contributed by atoms with Crippen LogP contribution in [-0.4, -0.2) is 40.9 Å². The first-order valence-electron chi connectivity index (χ1n) is 5.18. The SMILES string of the molecule is COC(=O)c1sccc1N(S(=O)(=O)C(F)(F)F)S(=O)(=O)C(F)(F)F. The maximum Gasteiger partial charge on any atom is 0.517 e. The van der Waals surface area contributed by atoms with Gasteiger partial charge in [-0.2, -0.15) is 43.2 Å². The van der Waals surface area contributed by atoms with Gasteiger partial charge in [-0.15, -0.1) is 15.0 Å². The molecule has 16 heteroatoms. The summed E-state index contributed by atoms with van der Waals surface area (Å²) >= 11 is 0.184. The highest BCUT2D eigenvalue weighted by Gasteiger charge is 2.62. The van der Waals surface area contributed by atoms with Gasteiger partial charge in [-0.05, 0) is 11.4 Å². The first kappa shape index (κ1) is 20.5. The highest BCUT2D eigenvalue weighted by molar-refractivity contribution is 8.11. The van der Waals surface area contributed by atoms with E-state index in [1.165, 1.54) is 0 Å². The Morgan fingerprint density at radius 3 is 1.79 bits per heavy atom. The number of carbonyl (C=O) groups excluding carboxylic acids is 1. The topological polar surface area (TPSA) is 97.8 Å². The fourth-order valence-corrected chi connectivity index (χ4v) is 4.91. The van der Waals surface area contributed by atoms with Crippen molar-refractivity contribution in [3.8, 4) is 0 Å². The molecular weight excluding hydrogens is 416 g/mol. The maximum absolute atomic E-state index is 12.6. The van der Waals surface area contributed by atoms with Gasteiger partial charge in [0.05, 0.1) is 12.8 Å². The predicted octanol–water partition coefficient (Wildman–Crippen LogP) is 2.04. The Hall–Kier alpha value is -1.55. The van der Waals surface area contributed by atoms with Crippen molar-refractivity contribution in [3.05, 3.63) is 16.3 Å². The number of hydrogen-bond donors (Lipinski definition) is 0. The van der Waals surface area contributed by atoms with Crippen molar-refractivity contribution in [1.29, 1.82) is 0 Å². The summed E-state index contributed by atoms with van der Waals surface area (Å²) in [4.78, 5) is 10.3. The fraction of sp³-hybridized carbons (Fsp3) is 0.375. The molecule has 0 bridgehead atoms. The minimum Gasteiger partial charge on any atom is -0.465 e. The highest BCUT2D eigenvalue weighted by atomic mass is 32.3. The summed E-state index contributed by atoms with van der Waals surface area (Å²) in [5, 5.41) is 0.715. The Labute approximate surface area is 134 Å². The number of hydrogen-bond acceptors (Lipinski definition) is 7. The van der Waals surface area contributed by atoms with E-state index in [1.54, 1.807) is 0 Å². The summed E-state index contributed by atoms with van der Waals surface area (Å²) in [7, 11) is -13.4. The number of anilines is 1. The molecule has 1 aromatic heterocycles. The molecule has 138 valence electrons. The lowest BCUT2D eigenvalue weighted by Crippen LogP contribution is -2.49. The number of methoxy groups -OCH3 is 1. The molecule has 0 aliphatic carbocycles. The predicted molar refractivity (Wildman–Crippen MR) is 68.1 cm³/mol. The standard InChI is InChI=1S/C8H5F6NO6S3/c1-21-6(16)5-4(2-3-22-5)15(23(17,18)7(9,10)11)24(19,20)8(12,13)14/h2-3H,1H3. The van der Waals surface area contributed by atoms with Crippen molar-refractivity contribution in [1.82, 2.24) is 0 Å². The number of alkyl halides is 6. The second-order valence-corrected chi connectivity index (χ2v) is 8.43. The van der Waals surface area contributed by atoms with Gasteiger partial charge >= 0.3 is 37.0 Å². The van der Waals surface area contributed by atoms with Gasteiger partial charge in [0.15, 0.2) is 0 Å². The third kappa shape index (κ3) is 3.30. The number of rotatable bonds is 4. The molecule has 0 aromatic carbocycles. The quantitative estimate of drug-likeness (QED) is 0.545. The lowest BCUT2D eigenvalue weighted by Gasteiger charge is -2.25. The molecule has 0 spiro atoms. The molecule has 0 aliphatic rings. The van der Waals surface area contributed by atoms with Gasteiger partial charge in [-0.25, -0.2) is 4.79 Å². The van der Waals surface area contributed by atoms with Gasteiger partial charge in [-0.1, -0.05) is 0 Å². The Kier molecular flexibility index (Phi) is 5.18. The Bertz CT molecular complexity index is 792. The molecule has 0 saturated carbocycles. The van der Waals surface area contributed by atoms with Crippen LogP contribution in [0.4, 0.5) is 32.0 Å². The van der Waals surface area contributed by atoms with Crippen molar-refractivity contribution >= 4 is 43.0 Å². The van der Waals surface area contributed by atoms with E-state index >= 15 is 0 Å². The van der Waals surface area contributed by atoms with Crippen molar-refractivity contribution in [2.75, 3.05) is 10.8 Å². The molecule has 0 unspecified atom stereocenters. The van der Waals surface area contributed by atoms with Crippen LogP contribution in [0.3, 0.4) is 0 Å². The van der Waals surface area contributed by atoms with Gasteiger partial charge < -0.3 is 4.74 Å². The Morgan fingerprint density at radius 1 is 1.04 bits per heavy atom. The molecule has 0 saturated heterocycles. The molecule has 1 heterocycles. The van der Waals surface area contributed by atoms with E-state index in [1.807, 2.05) is 0 Å². The van der Waals surface area contributed by atoms with Crippen LogP contribution in [0.5, 0.6) is 0 Å². The van der Waals surface area contributed by atoms with Crippen LogP contribution < -0.4 is 3.71 Å². The number of carbonyl (C=O) groups is 1. The van der Waals surface area contributed by atoms with Crippen LogP contribution in [0.2, 0.25) is 0 Å². The van der Waals surface area contributed by atoms with E-state index in [0.717, 1.165) is 0 Å². The van der Waals surface area contributed by atoms with Gasteiger partial charge in [0.2, 0.25) is 0 Å². The number of halogens is 6. The Morgan fingerprint density at radius 2 is 1.46 bits per heavy atom. The molecule has 0 radical (unpaired) electrons. The number of sulfonamides is 2. The third-order valence-electron chi connectivity index (χ3n) is 2.23. The van der Waals surface area contributed by atoms with Crippen LogP contribution in [0, 0.1) is 0 Å². The monoisotopic (exact) mass is 421 g/mol. The molecule has 24 heavy (non-hydrogen) atoms. The largest absolute Gasteiger partial charge is 0.517 e. The molecule has 7 nitrogen and oxygen atoms in total. The molecule has 0 N–H and O–H groups in total. The molecule has 1 aromatic rings. The second-order valence-electron chi connectivity index (χ2n) is 3.73. The first-order valence-corrected chi connectivity index (χ1v) is 8.94. The van der Waals surface area contributed by atoms with Gasteiger partial charge in [0, 0.05) is 0 Å². The summed E-state index contributed by atoms with van der Waals surface area (Å²) in [6.07, 6.45) is 0. The lowest BCUT2D eigenvalue weighted by atomic mass is 10.4. The average molecular weight is 421 g/mol. The molecule has 1 rings (SSSR count). The summed E-state index contributed by atoms with van der Waals surface area (Å²) in [6, 6.07) is 0.295. The van der Waals surface area contributed by atoms with Gasteiger partial charge in [0.25, 0.3) is 0 Å². The highest BCUT2D eigenvalue weighted by Crippen LogP contribution is 2.41. The van der Waals surface area contributed by atoms with E-state index in [4.69, 9.17) is 0 Å². The van der Waals surface area contributed by atoms with Gasteiger partial charge in [0.1, 0.15) is 4.88 Å². The van der Waals surface area contributed by atoms with Crippen LogP contribution in [0.1, 0.15) is 9.67 Å². The van der Waals surface area contributed by atoms with E-state index < -0.39 is 51.3 Å². The molecule has 0 fully saturated rings. The molecule has 0 amide bonds. The smallest absolute Gasteiger partial charge is 0.465 e. The third-order valence-corrected chi connectivity index (χ3v) is 6.73. The van der Waals surface area contributed by atoms with Crippen LogP contribution in [0.15, 0.2) is 11.4 Å². The van der Waals surface area contributed by atoms with E-state index in [9.17, 15) is 48.0 Å². The van der Waals surface area contributed by atoms with E-state index in [0.29, 0.717) is 18.6 Å². The van der Waals surface area contributed by atoms with E-state index in [2.05, 4.69) is 4.74 Å². The van der Waals surface area contributed by atoms with Crippen molar-refractivity contribution in [3.63, 3.8) is 0 Å². The zero-order chi connectivity index (χ0) is 19.1. The minimum absolute atomic E-state index is 0.184.